The molecule has 138 valence electrons. The first-order valence-corrected chi connectivity index (χ1v) is 9.29. The summed E-state index contributed by atoms with van der Waals surface area (Å²) in [4.78, 5) is 37.2. The Bertz CT molecular complexity index is 844. The smallest absolute Gasteiger partial charge is 0.340 e. The SMILES string of the molecule is Cc1nc(=O)[nH]c(C)c1CCC(=O)N1CCc2nc(C3CC3)nn2CC1. The second kappa shape index (κ2) is 6.66. The highest BCUT2D eigenvalue weighted by atomic mass is 16.2. The maximum absolute atomic E-state index is 12.7. The summed E-state index contributed by atoms with van der Waals surface area (Å²) in [7, 11) is 0. The summed E-state index contributed by atoms with van der Waals surface area (Å²) in [5, 5.41) is 4.62. The van der Waals surface area contributed by atoms with Crippen LogP contribution in [0.2, 0.25) is 0 Å². The third-order valence-corrected chi connectivity index (χ3v) is 5.29. The second-order valence-corrected chi connectivity index (χ2v) is 7.25. The van der Waals surface area contributed by atoms with Crippen LogP contribution in [0.4, 0.5) is 0 Å². The quantitative estimate of drug-likeness (QED) is 0.877. The van der Waals surface area contributed by atoms with Crippen molar-refractivity contribution in [2.75, 3.05) is 13.1 Å². The van der Waals surface area contributed by atoms with Crippen molar-refractivity contribution in [3.8, 4) is 0 Å². The standard InChI is InChI=1S/C18H24N6O2/c1-11-14(12(2)20-18(26)19-11)5-6-16(25)23-8-7-15-21-17(13-3-4-13)22-24(15)10-9-23/h13H,3-10H2,1-2H3,(H,19,20,26). The number of hydrogen-bond acceptors (Lipinski definition) is 5. The number of rotatable bonds is 4. The van der Waals surface area contributed by atoms with Crippen LogP contribution in [0.25, 0.3) is 0 Å². The molecule has 0 bridgehead atoms. The average molecular weight is 356 g/mol. The molecule has 3 heterocycles. The van der Waals surface area contributed by atoms with Crippen LogP contribution in [0, 0.1) is 13.8 Å². The molecule has 0 unspecified atom stereocenters. The first-order valence-electron chi connectivity index (χ1n) is 9.29. The molecule has 1 aliphatic heterocycles. The number of carbonyl (C=O) groups is 1. The Hall–Kier alpha value is -2.51. The van der Waals surface area contributed by atoms with Gasteiger partial charge < -0.3 is 9.88 Å². The van der Waals surface area contributed by atoms with Gasteiger partial charge in [0.15, 0.2) is 5.82 Å². The number of carbonyl (C=O) groups excluding carboxylic acids is 1. The molecule has 0 spiro atoms. The minimum absolute atomic E-state index is 0.128. The minimum atomic E-state index is -0.338. The number of H-pyrrole nitrogens is 1. The monoisotopic (exact) mass is 356 g/mol. The van der Waals surface area contributed by atoms with Crippen molar-refractivity contribution in [1.29, 1.82) is 0 Å². The second-order valence-electron chi connectivity index (χ2n) is 7.25. The summed E-state index contributed by atoms with van der Waals surface area (Å²) >= 11 is 0. The number of aromatic nitrogens is 5. The van der Waals surface area contributed by atoms with E-state index in [1.54, 1.807) is 0 Å². The molecular formula is C18H24N6O2. The minimum Gasteiger partial charge on any atom is -0.340 e. The molecule has 0 radical (unpaired) electrons. The van der Waals surface area contributed by atoms with Crippen LogP contribution in [0.5, 0.6) is 0 Å². The Morgan fingerprint density at radius 2 is 2.00 bits per heavy atom. The van der Waals surface area contributed by atoms with E-state index in [2.05, 4.69) is 20.1 Å². The first-order chi connectivity index (χ1) is 12.5. The molecule has 4 rings (SSSR count). The fourth-order valence-electron chi connectivity index (χ4n) is 3.60. The van der Waals surface area contributed by atoms with Crippen molar-refractivity contribution in [2.45, 2.75) is 58.4 Å². The maximum Gasteiger partial charge on any atom is 0.345 e. The molecule has 26 heavy (non-hydrogen) atoms. The topological polar surface area (TPSA) is 96.8 Å². The van der Waals surface area contributed by atoms with Gasteiger partial charge in [-0.05, 0) is 38.7 Å². The van der Waals surface area contributed by atoms with E-state index in [-0.39, 0.29) is 11.6 Å². The van der Waals surface area contributed by atoms with Gasteiger partial charge in [-0.1, -0.05) is 0 Å². The molecule has 0 atom stereocenters. The summed E-state index contributed by atoms with van der Waals surface area (Å²) in [6, 6.07) is 0. The number of fused-ring (bicyclic) bond motifs is 1. The van der Waals surface area contributed by atoms with Gasteiger partial charge in [0.05, 0.1) is 6.54 Å². The van der Waals surface area contributed by atoms with Gasteiger partial charge in [-0.2, -0.15) is 10.1 Å². The molecule has 1 aliphatic carbocycles. The predicted molar refractivity (Wildman–Crippen MR) is 94.9 cm³/mol. The average Bonchev–Trinajstić information content (AvgIpc) is 3.38. The van der Waals surface area contributed by atoms with Gasteiger partial charge in [-0.15, -0.1) is 0 Å². The molecule has 8 nitrogen and oxygen atoms in total. The van der Waals surface area contributed by atoms with Crippen molar-refractivity contribution in [1.82, 2.24) is 29.6 Å². The van der Waals surface area contributed by atoms with Crippen LogP contribution in [-0.4, -0.2) is 48.6 Å². The Kier molecular flexibility index (Phi) is 4.34. The summed E-state index contributed by atoms with van der Waals surface area (Å²) in [6.07, 6.45) is 4.16. The molecule has 1 saturated carbocycles. The van der Waals surface area contributed by atoms with Crippen molar-refractivity contribution in [3.63, 3.8) is 0 Å². The highest BCUT2D eigenvalue weighted by Crippen LogP contribution is 2.38. The van der Waals surface area contributed by atoms with E-state index >= 15 is 0 Å². The van der Waals surface area contributed by atoms with Crippen LogP contribution in [0.15, 0.2) is 4.79 Å². The first kappa shape index (κ1) is 16.9. The lowest BCUT2D eigenvalue weighted by atomic mass is 10.1. The van der Waals surface area contributed by atoms with Crippen LogP contribution < -0.4 is 5.69 Å². The lowest BCUT2D eigenvalue weighted by molar-refractivity contribution is -0.131. The number of nitrogens with zero attached hydrogens (tertiary/aromatic N) is 5. The third-order valence-electron chi connectivity index (χ3n) is 5.29. The predicted octanol–water partition coefficient (Wildman–Crippen LogP) is 0.873. The summed E-state index contributed by atoms with van der Waals surface area (Å²) in [5.74, 6) is 2.67. The summed E-state index contributed by atoms with van der Waals surface area (Å²) in [6.45, 7) is 5.73. The van der Waals surface area contributed by atoms with Crippen LogP contribution in [-0.2, 0) is 24.2 Å². The van der Waals surface area contributed by atoms with Gasteiger partial charge in [0.2, 0.25) is 5.91 Å². The van der Waals surface area contributed by atoms with E-state index in [1.165, 1.54) is 12.8 Å². The molecule has 0 saturated heterocycles. The van der Waals surface area contributed by atoms with Crippen molar-refractivity contribution in [2.24, 2.45) is 0 Å². The molecule has 1 amide bonds. The number of aryl methyl sites for hydroxylation is 2. The molecule has 8 heteroatoms. The maximum atomic E-state index is 12.7. The van der Waals surface area contributed by atoms with Gasteiger partial charge in [-0.25, -0.2) is 14.5 Å². The zero-order valence-corrected chi connectivity index (χ0v) is 15.3. The zero-order valence-electron chi connectivity index (χ0n) is 15.3. The lowest BCUT2D eigenvalue weighted by Gasteiger charge is -2.20. The molecule has 2 aliphatic rings. The van der Waals surface area contributed by atoms with Gasteiger partial charge in [0.1, 0.15) is 5.82 Å². The highest BCUT2D eigenvalue weighted by molar-refractivity contribution is 5.76. The van der Waals surface area contributed by atoms with Crippen LogP contribution in [0.3, 0.4) is 0 Å². The highest BCUT2D eigenvalue weighted by Gasteiger charge is 2.30. The van der Waals surface area contributed by atoms with E-state index in [4.69, 9.17) is 0 Å². The van der Waals surface area contributed by atoms with Crippen molar-refractivity contribution in [3.05, 3.63) is 39.1 Å². The van der Waals surface area contributed by atoms with Gasteiger partial charge in [0, 0.05) is 43.2 Å². The Morgan fingerprint density at radius 3 is 2.73 bits per heavy atom. The van der Waals surface area contributed by atoms with Crippen molar-refractivity contribution >= 4 is 5.91 Å². The Labute approximate surface area is 151 Å². The number of amides is 1. The molecular weight excluding hydrogens is 332 g/mol. The number of aromatic amines is 1. The van der Waals surface area contributed by atoms with Gasteiger partial charge in [-0.3, -0.25) is 4.79 Å². The fraction of sp³-hybridized carbons (Fsp3) is 0.611. The van der Waals surface area contributed by atoms with E-state index in [1.807, 2.05) is 23.4 Å². The van der Waals surface area contributed by atoms with E-state index in [0.717, 1.165) is 29.3 Å². The molecule has 0 aromatic carbocycles. The normalized spacial score (nSPS) is 17.1. The lowest BCUT2D eigenvalue weighted by Crippen LogP contribution is -2.34. The molecule has 1 N–H and O–H groups in total. The zero-order chi connectivity index (χ0) is 18.3. The molecule has 1 fully saturated rings. The van der Waals surface area contributed by atoms with Gasteiger partial charge >= 0.3 is 5.69 Å². The molecule has 2 aromatic rings. The Morgan fingerprint density at radius 1 is 1.19 bits per heavy atom. The number of nitrogens with one attached hydrogen (secondary N) is 1. The third kappa shape index (κ3) is 3.40. The number of hydrogen-bond donors (Lipinski definition) is 1. The van der Waals surface area contributed by atoms with E-state index in [9.17, 15) is 9.59 Å². The molecule has 2 aromatic heterocycles. The largest absolute Gasteiger partial charge is 0.345 e. The summed E-state index contributed by atoms with van der Waals surface area (Å²) in [5.41, 5.74) is 2.11. The van der Waals surface area contributed by atoms with Crippen molar-refractivity contribution < 1.29 is 4.79 Å². The van der Waals surface area contributed by atoms with Gasteiger partial charge in [0.25, 0.3) is 0 Å². The summed E-state index contributed by atoms with van der Waals surface area (Å²) < 4.78 is 1.97. The van der Waals surface area contributed by atoms with Crippen LogP contribution >= 0.6 is 0 Å². The Balaban J connectivity index is 1.37. The van der Waals surface area contributed by atoms with E-state index in [0.29, 0.717) is 44.1 Å². The van der Waals surface area contributed by atoms with E-state index < -0.39 is 0 Å². The fourth-order valence-corrected chi connectivity index (χ4v) is 3.60. The van der Waals surface area contributed by atoms with Crippen LogP contribution in [0.1, 0.15) is 53.8 Å².